The van der Waals surface area contributed by atoms with E-state index in [1.807, 2.05) is 57.5 Å². The molecule has 2 atom stereocenters. The van der Waals surface area contributed by atoms with Gasteiger partial charge < -0.3 is 35.2 Å². The van der Waals surface area contributed by atoms with Crippen LogP contribution in [0.1, 0.15) is 89.1 Å². The molecule has 0 radical (unpaired) electrons. The summed E-state index contributed by atoms with van der Waals surface area (Å²) >= 11 is 7.21. The zero-order valence-electron chi connectivity index (χ0n) is 39.7. The quantitative estimate of drug-likeness (QED) is 0.0581. The first-order chi connectivity index (χ1) is 32.7. The number of thiocarbonyl (C=S) groups is 1. The zero-order chi connectivity index (χ0) is 50.1. The summed E-state index contributed by atoms with van der Waals surface area (Å²) in [6.07, 6.45) is -1.40. The molecule has 0 bridgehead atoms. The minimum atomic E-state index is -4.80. The van der Waals surface area contributed by atoms with Crippen molar-refractivity contribution >= 4 is 63.7 Å². The van der Waals surface area contributed by atoms with Gasteiger partial charge in [0, 0.05) is 38.4 Å². The molecule has 69 heavy (non-hydrogen) atoms. The Labute approximate surface area is 410 Å². The molecule has 0 unspecified atom stereocenters. The molecule has 14 nitrogen and oxygen atoms in total. The largest absolute Gasteiger partial charge is 0.494 e. The van der Waals surface area contributed by atoms with Crippen LogP contribution in [-0.4, -0.2) is 95.7 Å². The molecule has 19 heteroatoms. The predicted octanol–water partition coefficient (Wildman–Crippen LogP) is 7.92. The number of hydrogen-bond acceptors (Lipinski definition) is 11. The second kappa shape index (κ2) is 22.7. The number of unbranched alkanes of at least 4 members (excludes halogenated alkanes) is 1. The summed E-state index contributed by atoms with van der Waals surface area (Å²) in [6.45, 7) is 13.7. The third kappa shape index (κ3) is 12.8. The van der Waals surface area contributed by atoms with Crippen LogP contribution >= 0.6 is 23.6 Å². The topological polar surface area (TPSA) is 169 Å². The molecule has 368 valence electrons. The molecule has 3 aromatic carbocycles. The number of benzene rings is 3. The second-order valence-corrected chi connectivity index (χ2v) is 19.8. The molecule has 1 aromatic heterocycles. The lowest BCUT2D eigenvalue weighted by Gasteiger charge is -2.35. The van der Waals surface area contributed by atoms with Gasteiger partial charge in [0.05, 0.1) is 52.1 Å². The van der Waals surface area contributed by atoms with Gasteiger partial charge in [0.25, 0.3) is 5.91 Å². The fourth-order valence-corrected chi connectivity index (χ4v) is 9.58. The highest BCUT2D eigenvalue weighted by atomic mass is 32.1. The molecule has 4 amide bonds. The first kappa shape index (κ1) is 52.4. The van der Waals surface area contributed by atoms with Crippen molar-refractivity contribution in [2.75, 3.05) is 49.3 Å². The lowest BCUT2D eigenvalue weighted by atomic mass is 9.85. The van der Waals surface area contributed by atoms with E-state index in [9.17, 15) is 37.6 Å². The number of halogens is 3. The molecule has 3 N–H and O–H groups in total. The Morgan fingerprint density at radius 3 is 2.33 bits per heavy atom. The molecule has 0 spiro atoms. The van der Waals surface area contributed by atoms with E-state index in [0.29, 0.717) is 70.2 Å². The number of aromatic nitrogens is 1. The van der Waals surface area contributed by atoms with Gasteiger partial charge in [0.1, 0.15) is 23.4 Å². The summed E-state index contributed by atoms with van der Waals surface area (Å²) in [7, 11) is 0. The van der Waals surface area contributed by atoms with Gasteiger partial charge in [-0.25, -0.2) is 4.98 Å². The van der Waals surface area contributed by atoms with Crippen LogP contribution in [0.5, 0.6) is 5.75 Å². The molecule has 3 heterocycles. The number of alkyl halides is 3. The van der Waals surface area contributed by atoms with Crippen LogP contribution < -0.4 is 30.5 Å². The van der Waals surface area contributed by atoms with Gasteiger partial charge in [-0.2, -0.15) is 18.4 Å². The van der Waals surface area contributed by atoms with Crippen LogP contribution in [0, 0.1) is 23.7 Å². The summed E-state index contributed by atoms with van der Waals surface area (Å²) in [5.41, 5.74) is 1.78. The van der Waals surface area contributed by atoms with Crippen molar-refractivity contribution < 1.29 is 41.8 Å². The van der Waals surface area contributed by atoms with E-state index in [-0.39, 0.29) is 35.1 Å². The minimum Gasteiger partial charge on any atom is -0.494 e. The Kier molecular flexibility index (Phi) is 17.2. The number of likely N-dealkylation sites (tertiary alicyclic amines) is 1. The SMILES string of the molecule is Cc1ncsc1-c1ccc(CNC(=O)[C@@H]2CCCN2C(=O)[C@@H](NC(=O)CNCCCCOCCCOc2ccc(N3C(=S)N(c4ccc(C#N)c(C(F)(F)F)c4)C(=O)C3(C)C)cc2)C(C)(C)C)cc1. The number of nitrogens with zero attached hydrogens (tertiary/aromatic N) is 5. The lowest BCUT2D eigenvalue weighted by molar-refractivity contribution is -0.143. The van der Waals surface area contributed by atoms with Crippen molar-refractivity contribution in [2.45, 2.75) is 104 Å². The Bertz CT molecular complexity index is 2520. The van der Waals surface area contributed by atoms with E-state index in [2.05, 4.69) is 20.9 Å². The van der Waals surface area contributed by atoms with Crippen LogP contribution in [0.2, 0.25) is 0 Å². The molecule has 6 rings (SSSR count). The summed E-state index contributed by atoms with van der Waals surface area (Å²) in [5, 5.41) is 18.3. The van der Waals surface area contributed by atoms with E-state index in [4.69, 9.17) is 21.7 Å². The number of rotatable bonds is 20. The first-order valence-electron chi connectivity index (χ1n) is 22.9. The van der Waals surface area contributed by atoms with Crippen molar-refractivity contribution in [1.29, 1.82) is 5.26 Å². The molecule has 0 saturated carbocycles. The third-order valence-electron chi connectivity index (χ3n) is 12.0. The Morgan fingerprint density at radius 2 is 1.68 bits per heavy atom. The number of amides is 4. The van der Waals surface area contributed by atoms with Crippen LogP contribution in [0.3, 0.4) is 0 Å². The maximum atomic E-state index is 13.9. The fraction of sp³-hybridized carbons (Fsp3) is 0.460. The van der Waals surface area contributed by atoms with E-state index in [0.717, 1.165) is 51.6 Å². The van der Waals surface area contributed by atoms with Crippen molar-refractivity contribution in [1.82, 2.24) is 25.8 Å². The maximum absolute atomic E-state index is 13.9. The summed E-state index contributed by atoms with van der Waals surface area (Å²) in [6, 6.07) is 18.1. The Balaban J connectivity index is 0.857. The smallest absolute Gasteiger partial charge is 0.417 e. The highest BCUT2D eigenvalue weighted by molar-refractivity contribution is 7.81. The van der Waals surface area contributed by atoms with Crippen LogP contribution in [0.4, 0.5) is 24.5 Å². The van der Waals surface area contributed by atoms with Crippen LogP contribution in [0.25, 0.3) is 10.4 Å². The van der Waals surface area contributed by atoms with Gasteiger partial charge in [0.2, 0.25) is 17.7 Å². The number of carbonyl (C=O) groups is 4. The number of aryl methyl sites for hydroxylation is 1. The van der Waals surface area contributed by atoms with Crippen LogP contribution in [-0.2, 0) is 36.6 Å². The van der Waals surface area contributed by atoms with Gasteiger partial charge in [-0.05, 0) is 124 Å². The number of thiazole rings is 1. The fourth-order valence-electron chi connectivity index (χ4n) is 8.25. The average molecular weight is 989 g/mol. The lowest BCUT2D eigenvalue weighted by Crippen LogP contribution is -2.58. The van der Waals surface area contributed by atoms with E-state index < -0.39 is 46.2 Å². The van der Waals surface area contributed by atoms with Gasteiger partial charge in [0.15, 0.2) is 5.11 Å². The molecule has 2 saturated heterocycles. The Hall–Kier alpha value is -5.94. The highest BCUT2D eigenvalue weighted by Crippen LogP contribution is 2.40. The molecule has 2 aliphatic heterocycles. The first-order valence-corrected chi connectivity index (χ1v) is 24.2. The normalized spacial score (nSPS) is 16.4. The van der Waals surface area contributed by atoms with Crippen molar-refractivity contribution in [3.8, 4) is 22.3 Å². The molecule has 0 aliphatic carbocycles. The molecular weight excluding hydrogens is 930 g/mol. The van der Waals surface area contributed by atoms with Crippen molar-refractivity contribution in [3.63, 3.8) is 0 Å². The molecule has 4 aromatic rings. The highest BCUT2D eigenvalue weighted by Gasteiger charge is 2.51. The van der Waals surface area contributed by atoms with Crippen LogP contribution in [0.15, 0.2) is 72.2 Å². The van der Waals surface area contributed by atoms with E-state index in [1.54, 1.807) is 65.3 Å². The number of carbonyl (C=O) groups excluding carboxylic acids is 4. The van der Waals surface area contributed by atoms with E-state index in [1.165, 1.54) is 6.07 Å². The molecule has 2 aliphatic rings. The van der Waals surface area contributed by atoms with Gasteiger partial charge >= 0.3 is 6.18 Å². The number of hydrogen-bond donors (Lipinski definition) is 3. The van der Waals surface area contributed by atoms with E-state index >= 15 is 0 Å². The Morgan fingerprint density at radius 1 is 0.986 bits per heavy atom. The summed E-state index contributed by atoms with van der Waals surface area (Å²) < 4.78 is 52.8. The number of nitriles is 1. The monoisotopic (exact) mass is 988 g/mol. The standard InChI is InChI=1S/C50H59F3N8O6S2/c1-32-42(69-31-57-32)34-14-12-33(13-15-34)29-56-44(63)40-11-9-23-59(40)45(64)43(48(2,3)4)58-41(62)30-55-22-7-8-24-66-25-10-26-67-38-20-18-36(19-21-38)61-47(68)60(46(65)49(61,5)6)37-17-16-35(28-54)39(27-37)50(51,52)53/h12-21,27,31,40,43,55H,7-11,22-26,29-30H2,1-6H3,(H,56,63)(H,58,62)/t40-,43+/m0/s1. The summed E-state index contributed by atoms with van der Waals surface area (Å²) in [4.78, 5) is 63.6. The van der Waals surface area contributed by atoms with Gasteiger partial charge in [-0.3, -0.25) is 24.1 Å². The van der Waals surface area contributed by atoms with Crippen molar-refractivity contribution in [2.24, 2.45) is 5.41 Å². The predicted molar refractivity (Wildman–Crippen MR) is 263 cm³/mol. The second-order valence-electron chi connectivity index (χ2n) is 18.6. The summed E-state index contributed by atoms with van der Waals surface area (Å²) in [5.74, 6) is -0.730. The number of anilines is 2. The molecule has 2 fully saturated rings. The average Bonchev–Trinajstić information content (AvgIpc) is 4.02. The maximum Gasteiger partial charge on any atom is 0.417 e. The molecular formula is C50H59F3N8O6S2. The third-order valence-corrected chi connectivity index (χ3v) is 13.4. The van der Waals surface area contributed by atoms with Gasteiger partial charge in [-0.1, -0.05) is 45.0 Å². The zero-order valence-corrected chi connectivity index (χ0v) is 41.3. The van der Waals surface area contributed by atoms with Crippen molar-refractivity contribution in [3.05, 3.63) is 94.6 Å². The number of nitrogens with one attached hydrogen (secondary N) is 3. The minimum absolute atomic E-state index is 0.00107. The van der Waals surface area contributed by atoms with Gasteiger partial charge in [-0.15, -0.1) is 11.3 Å². The number of ether oxygens (including phenoxy) is 2.